The van der Waals surface area contributed by atoms with E-state index in [2.05, 4.69) is 17.2 Å². The lowest BCUT2D eigenvalue weighted by Crippen LogP contribution is -2.24. The monoisotopic (exact) mass is 389 g/mol. The topological polar surface area (TPSA) is 55.4 Å². The molecule has 0 aliphatic carbocycles. The Bertz CT molecular complexity index is 823. The van der Waals surface area contributed by atoms with E-state index in [1.54, 1.807) is 36.4 Å². The molecular weight excluding hydrogens is 373 g/mol. The van der Waals surface area contributed by atoms with E-state index in [1.807, 2.05) is 12.1 Å². The zero-order valence-corrected chi connectivity index (χ0v) is 15.4. The first-order valence-corrected chi connectivity index (χ1v) is 8.70. The highest BCUT2D eigenvalue weighted by Crippen LogP contribution is 2.22. The third-order valence-electron chi connectivity index (χ3n) is 3.38. The zero-order valence-electron chi connectivity index (χ0n) is 13.9. The second-order valence-corrected chi connectivity index (χ2v) is 6.12. The van der Waals surface area contributed by atoms with Crippen molar-refractivity contribution in [2.45, 2.75) is 12.8 Å². The van der Waals surface area contributed by atoms with E-state index >= 15 is 0 Å². The quantitative estimate of drug-likeness (QED) is 0.571. The van der Waals surface area contributed by atoms with Crippen molar-refractivity contribution in [3.8, 4) is 17.6 Å². The lowest BCUT2D eigenvalue weighted by molar-refractivity contribution is -0.120. The molecule has 0 aromatic heterocycles. The number of carbonyl (C=O) groups is 2. The van der Waals surface area contributed by atoms with Gasteiger partial charge in [-0.05, 0) is 36.4 Å². The average Bonchev–Trinajstić information content (AvgIpc) is 2.64. The largest absolute Gasteiger partial charge is 0.479 e. The van der Waals surface area contributed by atoms with Gasteiger partial charge >= 0.3 is 0 Å². The van der Waals surface area contributed by atoms with Crippen LogP contribution >= 0.6 is 23.2 Å². The highest BCUT2D eigenvalue weighted by molar-refractivity contribution is 6.32. The third-order valence-corrected chi connectivity index (χ3v) is 3.94. The molecule has 0 spiro atoms. The molecule has 0 fully saturated rings. The Morgan fingerprint density at radius 2 is 1.69 bits per heavy atom. The number of benzene rings is 2. The van der Waals surface area contributed by atoms with Gasteiger partial charge in [0.05, 0.1) is 11.6 Å². The van der Waals surface area contributed by atoms with Gasteiger partial charge in [-0.1, -0.05) is 47.2 Å². The number of ether oxygens (including phenoxy) is 1. The van der Waals surface area contributed by atoms with Crippen molar-refractivity contribution in [3.63, 3.8) is 0 Å². The van der Waals surface area contributed by atoms with Gasteiger partial charge < -0.3 is 10.1 Å². The number of hydrogen-bond donors (Lipinski definition) is 1. The van der Waals surface area contributed by atoms with Gasteiger partial charge in [-0.2, -0.15) is 0 Å². The molecule has 2 aromatic carbocycles. The van der Waals surface area contributed by atoms with Crippen LogP contribution in [0.1, 0.15) is 23.2 Å². The summed E-state index contributed by atoms with van der Waals surface area (Å²) in [6.07, 6.45) is 0.246. The molecule has 0 bridgehead atoms. The van der Waals surface area contributed by atoms with Crippen LogP contribution in [-0.4, -0.2) is 24.8 Å². The molecule has 0 atom stereocenters. The smallest absolute Gasteiger partial charge is 0.221 e. The number of halogens is 2. The number of carbonyl (C=O) groups excluding carboxylic acids is 2. The number of Topliss-reactive ketones (excluding diaryl/α,β-unsaturated/α-hetero) is 1. The number of rotatable bonds is 7. The molecule has 1 amide bonds. The number of hydrogen-bond acceptors (Lipinski definition) is 3. The molecule has 0 radical (unpaired) electrons. The van der Waals surface area contributed by atoms with Crippen molar-refractivity contribution in [3.05, 3.63) is 64.1 Å². The summed E-state index contributed by atoms with van der Waals surface area (Å²) in [4.78, 5) is 23.7. The second-order valence-electron chi connectivity index (χ2n) is 5.28. The third kappa shape index (κ3) is 6.79. The average molecular weight is 390 g/mol. The maximum absolute atomic E-state index is 12.0. The van der Waals surface area contributed by atoms with E-state index in [4.69, 9.17) is 27.9 Å². The molecule has 0 aliphatic heterocycles. The molecular formula is C20H17Cl2NO3. The summed E-state index contributed by atoms with van der Waals surface area (Å²) < 4.78 is 5.41. The summed E-state index contributed by atoms with van der Waals surface area (Å²) in [6, 6.07) is 13.7. The van der Waals surface area contributed by atoms with E-state index in [1.165, 1.54) is 0 Å². The van der Waals surface area contributed by atoms with Crippen LogP contribution < -0.4 is 10.1 Å². The van der Waals surface area contributed by atoms with Crippen LogP contribution in [0.5, 0.6) is 5.75 Å². The van der Waals surface area contributed by atoms with E-state index < -0.39 is 0 Å². The molecule has 0 aliphatic rings. The first-order chi connectivity index (χ1) is 12.6. The Labute approximate surface area is 162 Å². The molecule has 26 heavy (non-hydrogen) atoms. The molecule has 2 aromatic rings. The number of amides is 1. The molecule has 4 nitrogen and oxygen atoms in total. The van der Waals surface area contributed by atoms with Crippen LogP contribution in [0.15, 0.2) is 48.5 Å². The zero-order chi connectivity index (χ0) is 18.8. The molecule has 0 unspecified atom stereocenters. The van der Waals surface area contributed by atoms with Crippen molar-refractivity contribution in [1.82, 2.24) is 5.32 Å². The van der Waals surface area contributed by atoms with E-state index in [-0.39, 0.29) is 37.7 Å². The fraction of sp³-hybridized carbons (Fsp3) is 0.200. The fourth-order valence-corrected chi connectivity index (χ4v) is 2.34. The molecule has 0 saturated carbocycles. The lowest BCUT2D eigenvalue weighted by atomic mass is 10.1. The summed E-state index contributed by atoms with van der Waals surface area (Å²) in [7, 11) is 0. The van der Waals surface area contributed by atoms with Gasteiger partial charge in [-0.15, -0.1) is 0 Å². The Morgan fingerprint density at radius 3 is 2.42 bits per heavy atom. The van der Waals surface area contributed by atoms with Gasteiger partial charge in [0.25, 0.3) is 0 Å². The standard InChI is InChI=1S/C20H17Cl2NO3/c21-16-9-7-15(8-10-16)18(24)11-12-20(25)23-13-3-4-14-26-19-6-2-1-5-17(19)22/h1-2,5-10H,11-14H2,(H,23,25). The minimum Gasteiger partial charge on any atom is -0.479 e. The van der Waals surface area contributed by atoms with Crippen molar-refractivity contribution >= 4 is 34.9 Å². The Balaban J connectivity index is 1.64. The Hall–Kier alpha value is -2.48. The van der Waals surface area contributed by atoms with E-state index in [9.17, 15) is 9.59 Å². The number of para-hydroxylation sites is 1. The number of nitrogens with one attached hydrogen (secondary N) is 1. The maximum atomic E-state index is 12.0. The van der Waals surface area contributed by atoms with Crippen molar-refractivity contribution in [1.29, 1.82) is 0 Å². The first-order valence-electron chi connectivity index (χ1n) is 7.95. The maximum Gasteiger partial charge on any atom is 0.221 e. The minimum atomic E-state index is -0.228. The normalized spacial score (nSPS) is 9.77. The molecule has 6 heteroatoms. The summed E-state index contributed by atoms with van der Waals surface area (Å²) in [5.74, 6) is 5.80. The van der Waals surface area contributed by atoms with Crippen LogP contribution in [0, 0.1) is 11.8 Å². The predicted octanol–water partition coefficient (Wildman–Crippen LogP) is 4.15. The summed E-state index contributed by atoms with van der Waals surface area (Å²) in [5.41, 5.74) is 0.540. The highest BCUT2D eigenvalue weighted by Gasteiger charge is 2.08. The van der Waals surface area contributed by atoms with Crippen LogP contribution in [0.3, 0.4) is 0 Å². The van der Waals surface area contributed by atoms with Gasteiger partial charge in [0.1, 0.15) is 12.4 Å². The van der Waals surface area contributed by atoms with Crippen LogP contribution in [0.4, 0.5) is 0 Å². The summed E-state index contributed by atoms with van der Waals surface area (Å²) in [6.45, 7) is 0.370. The van der Waals surface area contributed by atoms with Gasteiger partial charge in [-0.3, -0.25) is 9.59 Å². The van der Waals surface area contributed by atoms with Crippen molar-refractivity contribution in [2.75, 3.05) is 13.2 Å². The number of ketones is 1. The van der Waals surface area contributed by atoms with E-state index in [0.717, 1.165) is 0 Å². The minimum absolute atomic E-state index is 0.101. The predicted molar refractivity (Wildman–Crippen MR) is 103 cm³/mol. The second kappa shape index (κ2) is 10.5. The summed E-state index contributed by atoms with van der Waals surface area (Å²) >= 11 is 11.7. The Morgan fingerprint density at radius 1 is 0.962 bits per heavy atom. The van der Waals surface area contributed by atoms with Crippen molar-refractivity contribution < 1.29 is 14.3 Å². The molecule has 0 heterocycles. The fourth-order valence-electron chi connectivity index (χ4n) is 2.03. The van der Waals surface area contributed by atoms with Gasteiger partial charge in [0.2, 0.25) is 5.91 Å². The summed E-state index contributed by atoms with van der Waals surface area (Å²) in [5, 5.41) is 3.73. The Kier molecular flexibility index (Phi) is 8.01. The van der Waals surface area contributed by atoms with Gasteiger partial charge in [-0.25, -0.2) is 0 Å². The highest BCUT2D eigenvalue weighted by atomic mass is 35.5. The van der Waals surface area contributed by atoms with Crippen LogP contribution in [0.2, 0.25) is 10.0 Å². The molecule has 2 rings (SSSR count). The SMILES string of the molecule is O=C(CCC(=O)c1ccc(Cl)cc1)NCC#CCOc1ccccc1Cl. The molecule has 1 N–H and O–H groups in total. The first kappa shape index (κ1) is 19.8. The van der Waals surface area contributed by atoms with E-state index in [0.29, 0.717) is 21.4 Å². The van der Waals surface area contributed by atoms with Crippen LogP contribution in [-0.2, 0) is 4.79 Å². The molecule has 0 saturated heterocycles. The molecule has 134 valence electrons. The van der Waals surface area contributed by atoms with Crippen molar-refractivity contribution in [2.24, 2.45) is 0 Å². The lowest BCUT2D eigenvalue weighted by Gasteiger charge is -2.03. The van der Waals surface area contributed by atoms with Gasteiger partial charge in [0, 0.05) is 23.4 Å². The van der Waals surface area contributed by atoms with Gasteiger partial charge in [0.15, 0.2) is 5.78 Å². The van der Waals surface area contributed by atoms with Crippen LogP contribution in [0.25, 0.3) is 0 Å².